The predicted molar refractivity (Wildman–Crippen MR) is 169 cm³/mol. The summed E-state index contributed by atoms with van der Waals surface area (Å²) in [6, 6.07) is 6.74. The van der Waals surface area contributed by atoms with Crippen molar-refractivity contribution in [1.29, 1.82) is 0 Å². The molecule has 0 aliphatic carbocycles. The molecule has 1 aromatic carbocycles. The fourth-order valence-corrected chi connectivity index (χ4v) is 4.09. The minimum Gasteiger partial charge on any atom is -0.395 e. The van der Waals surface area contributed by atoms with Crippen molar-refractivity contribution in [2.24, 2.45) is 0 Å². The number of para-hydroxylation sites is 1. The highest BCUT2D eigenvalue weighted by Crippen LogP contribution is 2.49. The first-order valence-corrected chi connectivity index (χ1v) is 16.9. The molecule has 0 amide bonds. The molecule has 0 spiro atoms. The number of ether oxygens (including phenoxy) is 2. The van der Waals surface area contributed by atoms with Crippen LogP contribution in [-0.2, 0) is 0 Å². The van der Waals surface area contributed by atoms with Gasteiger partial charge >= 0.3 is 6.29 Å². The zero-order valence-corrected chi connectivity index (χ0v) is 28.4. The van der Waals surface area contributed by atoms with E-state index in [1.54, 1.807) is 18.3 Å². The number of alkyl halides is 2. The van der Waals surface area contributed by atoms with E-state index in [9.17, 15) is 8.78 Å². The van der Waals surface area contributed by atoms with E-state index in [-0.39, 0.29) is 11.5 Å². The highest BCUT2D eigenvalue weighted by Gasteiger charge is 2.44. The van der Waals surface area contributed by atoms with Gasteiger partial charge in [0.2, 0.25) is 0 Å². The lowest BCUT2D eigenvalue weighted by Crippen LogP contribution is -2.26. The Kier molecular flexibility index (Phi) is 25.3. The first kappa shape index (κ1) is 39.4. The van der Waals surface area contributed by atoms with Gasteiger partial charge in [-0.05, 0) is 28.1 Å². The van der Waals surface area contributed by atoms with Gasteiger partial charge in [-0.15, -0.1) is 8.78 Å². The molecule has 4 nitrogen and oxygen atoms in total. The van der Waals surface area contributed by atoms with Crippen LogP contribution in [0, 0.1) is 0 Å². The Labute approximate surface area is 242 Å². The number of benzene rings is 1. The smallest absolute Gasteiger partial charge is 0.395 e. The van der Waals surface area contributed by atoms with Crippen LogP contribution in [0.5, 0.6) is 11.5 Å². The molecule has 2 aromatic heterocycles. The van der Waals surface area contributed by atoms with Crippen LogP contribution in [0.1, 0.15) is 89.5 Å². The predicted octanol–water partition coefficient (Wildman–Crippen LogP) is 12.2. The standard InChI is InChI=1S/C14H6BrF2IN2O2S.C3H8.5C2H6/c15-7-4-9-10(6-20(23-18)13(9)19-5-7)8-2-1-3-11-12(8)22-14(16,17)21-11;1-3-2;5*1-2/h1-6H;3H2,1-2H3;5*1-2H3. The zero-order chi connectivity index (χ0) is 28.9. The van der Waals surface area contributed by atoms with Crippen LogP contribution in [0.4, 0.5) is 8.78 Å². The topological polar surface area (TPSA) is 36.3 Å². The van der Waals surface area contributed by atoms with Crippen LogP contribution in [0.3, 0.4) is 0 Å². The summed E-state index contributed by atoms with van der Waals surface area (Å²) >= 11 is 5.53. The molecule has 0 saturated carbocycles. The van der Waals surface area contributed by atoms with Crippen molar-refractivity contribution >= 4 is 57.3 Å². The van der Waals surface area contributed by atoms with Crippen LogP contribution in [0.2, 0.25) is 0 Å². The van der Waals surface area contributed by atoms with Crippen molar-refractivity contribution < 1.29 is 18.3 Å². The van der Waals surface area contributed by atoms with Crippen LogP contribution in [0.25, 0.3) is 22.2 Å². The zero-order valence-electron chi connectivity index (χ0n) is 23.8. The molecule has 3 heterocycles. The maximum absolute atomic E-state index is 13.4. The number of halogens is 4. The molecule has 0 unspecified atom stereocenters. The van der Waals surface area contributed by atoms with Gasteiger partial charge in [-0.1, -0.05) is 102 Å². The molecular weight excluding hydrogens is 661 g/mol. The number of nitrogens with zero attached hydrogens (tertiary/aromatic N) is 2. The van der Waals surface area contributed by atoms with Crippen molar-refractivity contribution in [3.63, 3.8) is 0 Å². The second-order valence-electron chi connectivity index (χ2n) is 5.47. The fraction of sp³-hybridized carbons (Fsp3) is 0.519. The maximum Gasteiger partial charge on any atom is 0.586 e. The average molecular weight is 706 g/mol. The lowest BCUT2D eigenvalue weighted by Gasteiger charge is -2.06. The van der Waals surface area contributed by atoms with Crippen molar-refractivity contribution in [3.8, 4) is 22.6 Å². The molecule has 9 heteroatoms. The Morgan fingerprint density at radius 2 is 1.47 bits per heavy atom. The van der Waals surface area contributed by atoms with E-state index in [4.69, 9.17) is 4.74 Å². The SMILES string of the molecule is CC.CC.CC.CC.CC.CCC.FC1(F)Oc2cccc(-c3cn(SI)c4ncc(Br)cc34)c2O1. The van der Waals surface area contributed by atoms with E-state index in [2.05, 4.69) is 60.7 Å². The van der Waals surface area contributed by atoms with E-state index in [0.29, 0.717) is 5.56 Å². The van der Waals surface area contributed by atoms with Gasteiger partial charge in [0, 0.05) is 63.7 Å². The Hall–Kier alpha value is -1.07. The summed E-state index contributed by atoms with van der Waals surface area (Å²) in [4.78, 5) is 4.39. The first-order valence-electron chi connectivity index (χ1n) is 12.7. The Morgan fingerprint density at radius 1 is 0.944 bits per heavy atom. The summed E-state index contributed by atoms with van der Waals surface area (Å²) in [6.45, 7) is 24.2. The van der Waals surface area contributed by atoms with Gasteiger partial charge < -0.3 is 9.47 Å². The normalized spacial score (nSPS) is 11.1. The number of fused-ring (bicyclic) bond motifs is 2. The first-order chi connectivity index (χ1) is 17.4. The molecule has 0 saturated heterocycles. The monoisotopic (exact) mass is 704 g/mol. The van der Waals surface area contributed by atoms with E-state index in [0.717, 1.165) is 21.1 Å². The molecule has 0 fully saturated rings. The average Bonchev–Trinajstić information content (AvgIpc) is 3.45. The Morgan fingerprint density at radius 3 is 1.97 bits per heavy atom. The lowest BCUT2D eigenvalue weighted by molar-refractivity contribution is -0.286. The van der Waals surface area contributed by atoms with E-state index < -0.39 is 6.29 Å². The molecule has 4 rings (SSSR count). The van der Waals surface area contributed by atoms with Gasteiger partial charge in [-0.25, -0.2) is 4.98 Å². The molecule has 1 aliphatic rings. The molecule has 1 aliphatic heterocycles. The number of rotatable bonds is 2. The number of hydrogen-bond donors (Lipinski definition) is 0. The Bertz CT molecular complexity index is 957. The molecule has 0 atom stereocenters. The molecule has 0 N–H and O–H groups in total. The quantitative estimate of drug-likeness (QED) is 0.249. The van der Waals surface area contributed by atoms with Crippen molar-refractivity contribution in [1.82, 2.24) is 8.96 Å². The van der Waals surface area contributed by atoms with Crippen molar-refractivity contribution in [3.05, 3.63) is 41.1 Å². The summed E-state index contributed by atoms with van der Waals surface area (Å²) in [5, 5.41) is 0.829. The third-order valence-electron chi connectivity index (χ3n) is 3.37. The van der Waals surface area contributed by atoms with Crippen molar-refractivity contribution in [2.45, 2.75) is 95.8 Å². The van der Waals surface area contributed by atoms with E-state index >= 15 is 0 Å². The van der Waals surface area contributed by atoms with Gasteiger partial charge in [-0.3, -0.25) is 3.97 Å². The van der Waals surface area contributed by atoms with E-state index in [1.165, 1.54) is 21.6 Å². The second kappa shape index (κ2) is 23.1. The molecule has 36 heavy (non-hydrogen) atoms. The minimum absolute atomic E-state index is 0.0264. The van der Waals surface area contributed by atoms with Gasteiger partial charge in [0.25, 0.3) is 0 Å². The summed E-state index contributed by atoms with van der Waals surface area (Å²) in [5.41, 5.74) is 2.02. The number of aromatic nitrogens is 2. The number of hydrogen-bond acceptors (Lipinski definition) is 4. The van der Waals surface area contributed by atoms with E-state index in [1.807, 2.05) is 85.5 Å². The molecule has 3 aromatic rings. The van der Waals surface area contributed by atoms with Gasteiger partial charge in [0.15, 0.2) is 17.1 Å². The maximum atomic E-state index is 13.4. The summed E-state index contributed by atoms with van der Waals surface area (Å²) < 4.78 is 38.7. The fourth-order valence-electron chi connectivity index (χ4n) is 2.50. The van der Waals surface area contributed by atoms with Crippen LogP contribution in [0.15, 0.2) is 41.1 Å². The number of pyridine rings is 1. The van der Waals surface area contributed by atoms with Gasteiger partial charge in [0.1, 0.15) is 0 Å². The third-order valence-corrected chi connectivity index (χ3v) is 5.51. The third kappa shape index (κ3) is 11.5. The largest absolute Gasteiger partial charge is 0.586 e. The Balaban J connectivity index is -0.000000729. The molecule has 208 valence electrons. The van der Waals surface area contributed by atoms with Gasteiger partial charge in [0.05, 0.1) is 0 Å². The molecular formula is C27H44BrF2IN2O2S. The summed E-state index contributed by atoms with van der Waals surface area (Å²) in [7, 11) is 1.44. The second-order valence-corrected chi connectivity index (χ2v) is 8.10. The molecule has 0 radical (unpaired) electrons. The van der Waals surface area contributed by atoms with Crippen LogP contribution in [-0.4, -0.2) is 15.3 Å². The van der Waals surface area contributed by atoms with Crippen LogP contribution < -0.4 is 9.47 Å². The lowest BCUT2D eigenvalue weighted by atomic mass is 10.0. The molecule has 0 bridgehead atoms. The van der Waals surface area contributed by atoms with Crippen LogP contribution >= 0.6 is 46.3 Å². The summed E-state index contributed by atoms with van der Waals surface area (Å²) in [5.74, 6) is 0.0634. The van der Waals surface area contributed by atoms with Gasteiger partial charge in [-0.2, -0.15) is 0 Å². The van der Waals surface area contributed by atoms with Crippen molar-refractivity contribution in [2.75, 3.05) is 0 Å². The highest BCUT2D eigenvalue weighted by atomic mass is 127. The highest BCUT2D eigenvalue weighted by molar-refractivity contribution is 14.2. The minimum atomic E-state index is -3.65. The summed E-state index contributed by atoms with van der Waals surface area (Å²) in [6.07, 6.45) is 1.14.